The fraction of sp³-hybridized carbons (Fsp3) is 0.143. The maximum atomic E-state index is 12.1. The van der Waals surface area contributed by atoms with Crippen LogP contribution in [0.1, 0.15) is 10.4 Å². The molecule has 0 bridgehead atoms. The average molecular weight is 310 g/mol. The summed E-state index contributed by atoms with van der Waals surface area (Å²) in [5.74, 6) is 1.02. The van der Waals surface area contributed by atoms with Gasteiger partial charge in [-0.05, 0) is 12.1 Å². The average Bonchev–Trinajstić information content (AvgIpc) is 3.14. The Kier molecular flexibility index (Phi) is 4.48. The van der Waals surface area contributed by atoms with Crippen LogP contribution in [-0.4, -0.2) is 48.7 Å². The van der Waals surface area contributed by atoms with Gasteiger partial charge < -0.3 is 10.6 Å². The van der Waals surface area contributed by atoms with Crippen molar-refractivity contribution in [2.75, 3.05) is 18.4 Å². The third-order valence-electron chi connectivity index (χ3n) is 2.94. The number of carbonyl (C=O) groups is 1. The first-order chi connectivity index (χ1) is 11.3. The normalized spacial score (nSPS) is 10.3. The monoisotopic (exact) mass is 310 g/mol. The van der Waals surface area contributed by atoms with Crippen LogP contribution in [-0.2, 0) is 0 Å². The van der Waals surface area contributed by atoms with Gasteiger partial charge >= 0.3 is 0 Å². The summed E-state index contributed by atoms with van der Waals surface area (Å²) < 4.78 is 1.49. The van der Waals surface area contributed by atoms with Crippen LogP contribution in [0.4, 0.5) is 5.82 Å². The number of rotatable bonds is 6. The van der Waals surface area contributed by atoms with Crippen LogP contribution in [0.3, 0.4) is 0 Å². The highest BCUT2D eigenvalue weighted by Gasteiger charge is 2.07. The van der Waals surface area contributed by atoms with Crippen molar-refractivity contribution in [2.45, 2.75) is 0 Å². The second-order valence-corrected chi connectivity index (χ2v) is 4.52. The van der Waals surface area contributed by atoms with E-state index in [4.69, 9.17) is 0 Å². The van der Waals surface area contributed by atoms with Gasteiger partial charge in [-0.1, -0.05) is 0 Å². The molecular formula is C14H14N8O. The highest BCUT2D eigenvalue weighted by atomic mass is 16.1. The van der Waals surface area contributed by atoms with Gasteiger partial charge in [0.2, 0.25) is 0 Å². The SMILES string of the molecule is O=C(NCCNc1cnccn1)c1ccnc(-n2cncn2)c1. The third-order valence-corrected chi connectivity index (χ3v) is 2.94. The minimum Gasteiger partial charge on any atom is -0.367 e. The summed E-state index contributed by atoms with van der Waals surface area (Å²) in [5, 5.41) is 9.87. The van der Waals surface area contributed by atoms with E-state index in [9.17, 15) is 4.79 Å². The molecule has 0 aliphatic rings. The van der Waals surface area contributed by atoms with Gasteiger partial charge in [0.15, 0.2) is 5.82 Å². The summed E-state index contributed by atoms with van der Waals surface area (Å²) in [4.78, 5) is 28.2. The molecule has 9 heteroatoms. The van der Waals surface area contributed by atoms with Gasteiger partial charge in [0, 0.05) is 37.2 Å². The first-order valence-electron chi connectivity index (χ1n) is 6.92. The number of amides is 1. The molecule has 0 aliphatic carbocycles. The van der Waals surface area contributed by atoms with Crippen molar-refractivity contribution in [1.29, 1.82) is 0 Å². The van der Waals surface area contributed by atoms with E-state index in [2.05, 4.69) is 35.7 Å². The van der Waals surface area contributed by atoms with Crippen molar-refractivity contribution in [2.24, 2.45) is 0 Å². The first-order valence-corrected chi connectivity index (χ1v) is 6.92. The Bertz CT molecular complexity index is 759. The standard InChI is InChI=1S/C14H14N8O/c23-14(20-6-5-18-12-8-15-3-4-17-12)11-1-2-19-13(7-11)22-10-16-9-21-22/h1-4,7-10H,5-6H2,(H,17,18)(H,20,23). The predicted octanol–water partition coefficient (Wildman–Crippen LogP) is 0.294. The van der Waals surface area contributed by atoms with Crippen LogP contribution in [0, 0.1) is 0 Å². The lowest BCUT2D eigenvalue weighted by Crippen LogP contribution is -2.29. The molecule has 1 amide bonds. The molecule has 2 N–H and O–H groups in total. The van der Waals surface area contributed by atoms with E-state index in [-0.39, 0.29) is 5.91 Å². The summed E-state index contributed by atoms with van der Waals surface area (Å²) in [5.41, 5.74) is 0.505. The number of anilines is 1. The van der Waals surface area contributed by atoms with Gasteiger partial charge in [0.1, 0.15) is 18.5 Å². The number of carbonyl (C=O) groups excluding carboxylic acids is 1. The molecule has 0 unspecified atom stereocenters. The lowest BCUT2D eigenvalue weighted by Gasteiger charge is -2.07. The van der Waals surface area contributed by atoms with Crippen LogP contribution in [0.2, 0.25) is 0 Å². The maximum absolute atomic E-state index is 12.1. The van der Waals surface area contributed by atoms with Crippen LogP contribution in [0.15, 0.2) is 49.6 Å². The van der Waals surface area contributed by atoms with Crippen LogP contribution in [0.5, 0.6) is 0 Å². The highest BCUT2D eigenvalue weighted by molar-refractivity contribution is 5.94. The zero-order valence-electron chi connectivity index (χ0n) is 12.1. The van der Waals surface area contributed by atoms with Crippen molar-refractivity contribution in [1.82, 2.24) is 35.0 Å². The van der Waals surface area contributed by atoms with Crippen molar-refractivity contribution in [3.63, 3.8) is 0 Å². The number of nitrogens with zero attached hydrogens (tertiary/aromatic N) is 6. The minimum absolute atomic E-state index is 0.185. The van der Waals surface area contributed by atoms with Gasteiger partial charge in [-0.3, -0.25) is 9.78 Å². The Balaban J connectivity index is 1.53. The van der Waals surface area contributed by atoms with E-state index in [1.807, 2.05) is 0 Å². The zero-order valence-corrected chi connectivity index (χ0v) is 12.1. The third kappa shape index (κ3) is 3.84. The number of nitrogens with one attached hydrogen (secondary N) is 2. The number of pyridine rings is 1. The van der Waals surface area contributed by atoms with E-state index in [1.165, 1.54) is 17.3 Å². The first kappa shape index (κ1) is 14.6. The second kappa shape index (κ2) is 7.07. The highest BCUT2D eigenvalue weighted by Crippen LogP contribution is 2.05. The van der Waals surface area contributed by atoms with Crippen molar-refractivity contribution < 1.29 is 4.79 Å². The van der Waals surface area contributed by atoms with Crippen molar-refractivity contribution in [3.05, 3.63) is 55.1 Å². The number of hydrogen-bond acceptors (Lipinski definition) is 7. The molecule has 0 fully saturated rings. The Morgan fingerprint density at radius 1 is 1.13 bits per heavy atom. The van der Waals surface area contributed by atoms with Gasteiger partial charge in [-0.2, -0.15) is 5.10 Å². The minimum atomic E-state index is -0.185. The zero-order chi connectivity index (χ0) is 15.9. The molecule has 116 valence electrons. The van der Waals surface area contributed by atoms with Gasteiger partial charge in [0.25, 0.3) is 5.91 Å². The van der Waals surface area contributed by atoms with Gasteiger partial charge in [0.05, 0.1) is 6.20 Å². The molecule has 0 atom stereocenters. The molecule has 3 aromatic heterocycles. The smallest absolute Gasteiger partial charge is 0.251 e. The summed E-state index contributed by atoms with van der Waals surface area (Å²) in [6.07, 6.45) is 9.31. The van der Waals surface area contributed by atoms with E-state index >= 15 is 0 Å². The Labute approximate surface area is 131 Å². The summed E-state index contributed by atoms with van der Waals surface area (Å²) in [6.45, 7) is 1.00. The maximum Gasteiger partial charge on any atom is 0.251 e. The Morgan fingerprint density at radius 3 is 2.87 bits per heavy atom. The molecule has 0 saturated heterocycles. The molecule has 9 nitrogen and oxygen atoms in total. The number of hydrogen-bond donors (Lipinski definition) is 2. The molecule has 0 radical (unpaired) electrons. The predicted molar refractivity (Wildman–Crippen MR) is 82.0 cm³/mol. The summed E-state index contributed by atoms with van der Waals surface area (Å²) in [6, 6.07) is 3.30. The number of aromatic nitrogens is 6. The Hall–Kier alpha value is -3.36. The Morgan fingerprint density at radius 2 is 2.09 bits per heavy atom. The van der Waals surface area contributed by atoms with E-state index in [0.717, 1.165) is 0 Å². The summed E-state index contributed by atoms with van der Waals surface area (Å²) >= 11 is 0. The van der Waals surface area contributed by atoms with E-state index in [0.29, 0.717) is 30.3 Å². The van der Waals surface area contributed by atoms with Gasteiger partial charge in [-0.25, -0.2) is 19.6 Å². The molecule has 0 spiro atoms. The molecular weight excluding hydrogens is 296 g/mol. The van der Waals surface area contributed by atoms with Crippen molar-refractivity contribution >= 4 is 11.7 Å². The second-order valence-electron chi connectivity index (χ2n) is 4.52. The molecule has 0 aliphatic heterocycles. The molecule has 0 saturated carbocycles. The molecule has 23 heavy (non-hydrogen) atoms. The lowest BCUT2D eigenvalue weighted by atomic mass is 10.2. The summed E-state index contributed by atoms with van der Waals surface area (Å²) in [7, 11) is 0. The molecule has 3 rings (SSSR count). The van der Waals surface area contributed by atoms with Crippen LogP contribution in [0.25, 0.3) is 5.82 Å². The van der Waals surface area contributed by atoms with E-state index < -0.39 is 0 Å². The van der Waals surface area contributed by atoms with E-state index in [1.54, 1.807) is 36.9 Å². The molecule has 3 aromatic rings. The molecule has 0 aromatic carbocycles. The fourth-order valence-corrected chi connectivity index (χ4v) is 1.87. The van der Waals surface area contributed by atoms with Gasteiger partial charge in [-0.15, -0.1) is 0 Å². The van der Waals surface area contributed by atoms with Crippen LogP contribution >= 0.6 is 0 Å². The topological polar surface area (TPSA) is 111 Å². The van der Waals surface area contributed by atoms with Crippen molar-refractivity contribution in [3.8, 4) is 5.82 Å². The van der Waals surface area contributed by atoms with Crippen LogP contribution < -0.4 is 10.6 Å². The molecule has 3 heterocycles. The lowest BCUT2D eigenvalue weighted by molar-refractivity contribution is 0.0955. The fourth-order valence-electron chi connectivity index (χ4n) is 1.87. The largest absolute Gasteiger partial charge is 0.367 e. The quantitative estimate of drug-likeness (QED) is 0.630.